The fourth-order valence-corrected chi connectivity index (χ4v) is 2.94. The van der Waals surface area contributed by atoms with Gasteiger partial charge in [0.2, 0.25) is 5.84 Å². The molecule has 0 aliphatic heterocycles. The first-order chi connectivity index (χ1) is 14.8. The molecule has 3 aromatic rings. The van der Waals surface area contributed by atoms with Crippen LogP contribution < -0.4 is 69.6 Å². The van der Waals surface area contributed by atoms with E-state index < -0.39 is 26.7 Å². The van der Waals surface area contributed by atoms with Crippen LogP contribution >= 0.6 is 0 Å². The first-order valence-electron chi connectivity index (χ1n) is 8.66. The Balaban J connectivity index is 0.00000272. The molecule has 10 nitrogen and oxygen atoms in total. The summed E-state index contributed by atoms with van der Waals surface area (Å²) >= 11 is 0. The molecule has 0 amide bonds. The number of azo groups is 1. The van der Waals surface area contributed by atoms with Crippen molar-refractivity contribution < 1.29 is 87.1 Å². The summed E-state index contributed by atoms with van der Waals surface area (Å²) in [5.41, 5.74) is 2.64. The van der Waals surface area contributed by atoms with E-state index in [9.17, 15) is 28.0 Å². The Morgan fingerprint density at radius 3 is 2.21 bits per heavy atom. The molecule has 33 heavy (non-hydrogen) atoms. The first kappa shape index (κ1) is 28.9. The molecule has 0 radical (unpaired) electrons. The number of carboxylic acids is 1. The van der Waals surface area contributed by atoms with Crippen LogP contribution in [0.2, 0.25) is 0 Å². The van der Waals surface area contributed by atoms with Gasteiger partial charge < -0.3 is 14.8 Å². The molecule has 0 bridgehead atoms. The van der Waals surface area contributed by atoms with Crippen molar-refractivity contribution in [2.24, 2.45) is 15.3 Å². The number of nitrogens with zero attached hydrogens (tertiary/aromatic N) is 3. The zero-order valence-electron chi connectivity index (χ0n) is 17.7. The Morgan fingerprint density at radius 2 is 1.58 bits per heavy atom. The molecule has 0 aromatic heterocycles. The summed E-state index contributed by atoms with van der Waals surface area (Å²) < 4.78 is 33.6. The molecule has 3 aromatic carbocycles. The van der Waals surface area contributed by atoms with Gasteiger partial charge in [0, 0.05) is 11.3 Å². The average molecular weight is 484 g/mol. The van der Waals surface area contributed by atoms with E-state index in [0.717, 1.165) is 18.2 Å². The summed E-state index contributed by atoms with van der Waals surface area (Å²) in [6.07, 6.45) is 0. The van der Waals surface area contributed by atoms with E-state index in [0.29, 0.717) is 5.56 Å². The standard InChI is InChI=1S/C20H16N4O6S.2Na/c25-18-11-10-14(31(28,29)30)12-17(18)22-24-19(13-6-2-1-3-7-13)23-21-16-9-5-4-8-15(16)20(26)27;;/h1-12,22,25H,(H,26,27)(H,28,29,30);;/q;2*+1/p-2/b23-21?,24-19+;;. The van der Waals surface area contributed by atoms with Gasteiger partial charge in [0.15, 0.2) is 0 Å². The van der Waals surface area contributed by atoms with Crippen LogP contribution in [0.25, 0.3) is 0 Å². The van der Waals surface area contributed by atoms with E-state index >= 15 is 0 Å². The maximum absolute atomic E-state index is 12.0. The zero-order valence-corrected chi connectivity index (χ0v) is 22.5. The minimum absolute atomic E-state index is 0. The third-order valence-corrected chi connectivity index (χ3v) is 4.77. The predicted octanol–water partition coefficient (Wildman–Crippen LogP) is -3.07. The number of hydrogen-bond acceptors (Lipinski definition) is 8. The van der Waals surface area contributed by atoms with Gasteiger partial charge in [0.1, 0.15) is 15.8 Å². The van der Waals surface area contributed by atoms with Gasteiger partial charge in [-0.15, -0.1) is 10.2 Å². The number of benzene rings is 3. The van der Waals surface area contributed by atoms with Gasteiger partial charge in [-0.05, 0) is 24.3 Å². The molecule has 0 spiro atoms. The second kappa shape index (κ2) is 13.0. The fraction of sp³-hybridized carbons (Fsp3) is 0. The Morgan fingerprint density at radius 1 is 0.939 bits per heavy atom. The molecule has 158 valence electrons. The van der Waals surface area contributed by atoms with Gasteiger partial charge >= 0.3 is 65.1 Å². The maximum atomic E-state index is 12.0. The molecule has 0 fully saturated rings. The van der Waals surface area contributed by atoms with Crippen molar-refractivity contribution in [1.82, 2.24) is 0 Å². The predicted molar refractivity (Wildman–Crippen MR) is 108 cm³/mol. The Labute approximate surface area is 233 Å². The quantitative estimate of drug-likeness (QED) is 0.0935. The van der Waals surface area contributed by atoms with E-state index in [-0.39, 0.29) is 81.9 Å². The summed E-state index contributed by atoms with van der Waals surface area (Å²) in [6, 6.07) is 17.1. The zero-order chi connectivity index (χ0) is 22.4. The summed E-state index contributed by atoms with van der Waals surface area (Å²) in [7, 11) is -4.77. The second-order valence-corrected chi connectivity index (χ2v) is 7.43. The van der Waals surface area contributed by atoms with Crippen molar-refractivity contribution >= 4 is 33.3 Å². The van der Waals surface area contributed by atoms with Crippen LogP contribution in [0.4, 0.5) is 11.4 Å². The number of hydrogen-bond donors (Lipinski definition) is 2. The topological polar surface area (TPSA) is 167 Å². The van der Waals surface area contributed by atoms with Crippen LogP contribution in [0.3, 0.4) is 0 Å². The average Bonchev–Trinajstić information content (AvgIpc) is 2.75. The molecular formula is C20H14N4Na2O6S. The van der Waals surface area contributed by atoms with Crippen LogP contribution in [0, 0.1) is 0 Å². The normalized spacial score (nSPS) is 11.4. The number of nitrogens with one attached hydrogen (secondary N) is 1. The summed E-state index contributed by atoms with van der Waals surface area (Å²) in [5.74, 6) is -1.80. The maximum Gasteiger partial charge on any atom is 1.00 e. The van der Waals surface area contributed by atoms with Crippen molar-refractivity contribution in [2.45, 2.75) is 4.90 Å². The molecular weight excluding hydrogens is 470 g/mol. The van der Waals surface area contributed by atoms with E-state index in [1.54, 1.807) is 42.5 Å². The van der Waals surface area contributed by atoms with Crippen molar-refractivity contribution in [2.75, 3.05) is 5.43 Å². The largest absolute Gasteiger partial charge is 1.00 e. The van der Waals surface area contributed by atoms with Crippen LogP contribution in [0.15, 0.2) is 93.0 Å². The molecule has 0 saturated carbocycles. The molecule has 0 saturated heterocycles. The summed E-state index contributed by atoms with van der Waals surface area (Å²) in [4.78, 5) is 10.7. The first-order valence-corrected chi connectivity index (χ1v) is 10.1. The van der Waals surface area contributed by atoms with Crippen LogP contribution in [0.5, 0.6) is 5.75 Å². The molecule has 13 heteroatoms. The van der Waals surface area contributed by atoms with Gasteiger partial charge in [-0.3, -0.25) is 5.43 Å². The minimum atomic E-state index is -4.77. The fourth-order valence-electron chi connectivity index (χ4n) is 2.44. The number of hydrazone groups is 1. The van der Waals surface area contributed by atoms with Gasteiger partial charge in [0.05, 0.1) is 10.5 Å². The van der Waals surface area contributed by atoms with Crippen LogP contribution in [-0.2, 0) is 10.1 Å². The second-order valence-electron chi connectivity index (χ2n) is 6.05. The monoisotopic (exact) mass is 484 g/mol. The van der Waals surface area contributed by atoms with E-state index in [1.807, 2.05) is 0 Å². The molecule has 0 unspecified atom stereocenters. The van der Waals surface area contributed by atoms with Gasteiger partial charge in [-0.25, -0.2) is 13.2 Å². The van der Waals surface area contributed by atoms with Gasteiger partial charge in [-0.2, -0.15) is 5.10 Å². The minimum Gasteiger partial charge on any atom is -0.871 e. The number of amidine groups is 1. The van der Waals surface area contributed by atoms with E-state index in [2.05, 4.69) is 20.8 Å². The summed E-state index contributed by atoms with van der Waals surface area (Å²) in [6.45, 7) is 0. The molecule has 0 atom stereocenters. The molecule has 0 heterocycles. The Bertz CT molecular complexity index is 1280. The van der Waals surface area contributed by atoms with Crippen molar-refractivity contribution in [3.63, 3.8) is 0 Å². The van der Waals surface area contributed by atoms with Crippen LogP contribution in [-0.4, -0.2) is 29.9 Å². The number of carboxylic acid groups (broad SMARTS) is 1. The molecule has 3 rings (SSSR count). The molecule has 0 aliphatic rings. The van der Waals surface area contributed by atoms with Gasteiger partial charge in [0.25, 0.3) is 0 Å². The Kier molecular flexibility index (Phi) is 11.4. The third kappa shape index (κ3) is 8.02. The number of rotatable bonds is 6. The SMILES string of the molecule is O=C(O)c1ccccc1N=N/C(=N/Nc1cc(S(=O)(=O)[O-])ccc1[O-])c1ccccc1.[Na+].[Na+]. The Hall–Kier alpha value is -2.09. The number of carbonyl (C=O) groups is 1. The summed E-state index contributed by atoms with van der Waals surface area (Å²) in [5, 5.41) is 33.2. The molecule has 0 aliphatic carbocycles. The number of anilines is 1. The number of aromatic carboxylic acids is 1. The van der Waals surface area contributed by atoms with Crippen molar-refractivity contribution in [3.05, 3.63) is 83.9 Å². The van der Waals surface area contributed by atoms with E-state index in [4.69, 9.17) is 0 Å². The third-order valence-electron chi connectivity index (χ3n) is 3.94. The van der Waals surface area contributed by atoms with Crippen molar-refractivity contribution in [3.8, 4) is 5.75 Å². The van der Waals surface area contributed by atoms with Gasteiger partial charge in [-0.1, -0.05) is 54.3 Å². The molecule has 2 N–H and O–H groups in total. The van der Waals surface area contributed by atoms with E-state index in [1.165, 1.54) is 12.1 Å². The van der Waals surface area contributed by atoms with Crippen molar-refractivity contribution in [1.29, 1.82) is 0 Å². The van der Waals surface area contributed by atoms with Crippen LogP contribution in [0.1, 0.15) is 15.9 Å². The smallest absolute Gasteiger partial charge is 0.871 e.